The van der Waals surface area contributed by atoms with Crippen LogP contribution in [-0.4, -0.2) is 59.6 Å². The highest BCUT2D eigenvalue weighted by molar-refractivity contribution is 6.02. The van der Waals surface area contributed by atoms with Crippen molar-refractivity contribution < 1.29 is 9.84 Å². The Morgan fingerprint density at radius 2 is 1.92 bits per heavy atom. The molecule has 2 N–H and O–H groups in total. The molecule has 0 aliphatic heterocycles. The third kappa shape index (κ3) is 4.20. The van der Waals surface area contributed by atoms with Crippen LogP contribution in [0.1, 0.15) is 18.9 Å². The number of likely N-dealkylation sites (N-methyl/N-ethyl adjacent to an activating group) is 1. The van der Waals surface area contributed by atoms with E-state index in [1.54, 1.807) is 24.3 Å². The summed E-state index contributed by atoms with van der Waals surface area (Å²) in [5.74, 6) is 0.194. The van der Waals surface area contributed by atoms with Crippen LogP contribution in [0, 0.1) is 0 Å². The Morgan fingerprint density at radius 1 is 1.27 bits per heavy atom. The van der Waals surface area contributed by atoms with E-state index in [9.17, 15) is 14.7 Å². The molecule has 2 rings (SSSR count). The second kappa shape index (κ2) is 8.48. The van der Waals surface area contributed by atoms with Gasteiger partial charge in [-0.05, 0) is 44.8 Å². The molecule has 0 radical (unpaired) electrons. The van der Waals surface area contributed by atoms with Gasteiger partial charge < -0.3 is 14.7 Å². The predicted molar refractivity (Wildman–Crippen MR) is 101 cm³/mol. The normalized spacial score (nSPS) is 11.8. The minimum absolute atomic E-state index is 0.0154. The second-order valence-corrected chi connectivity index (χ2v) is 5.98. The number of hydrogen-bond donors (Lipinski definition) is 2. The van der Waals surface area contributed by atoms with Gasteiger partial charge in [-0.25, -0.2) is 9.36 Å². The van der Waals surface area contributed by atoms with Crippen LogP contribution < -0.4 is 16.0 Å². The number of aromatic nitrogens is 2. The summed E-state index contributed by atoms with van der Waals surface area (Å²) in [5, 5.41) is 10.7. The summed E-state index contributed by atoms with van der Waals surface area (Å²) in [5.41, 5.74) is -0.489. The summed E-state index contributed by atoms with van der Waals surface area (Å²) in [7, 11) is 5.39. The fraction of sp³-hybridized carbons (Fsp3) is 0.389. The van der Waals surface area contributed by atoms with E-state index in [0.29, 0.717) is 36.7 Å². The number of nitrogens with zero attached hydrogens (tertiary/aromatic N) is 3. The summed E-state index contributed by atoms with van der Waals surface area (Å²) in [4.78, 5) is 33.2. The minimum atomic E-state index is -0.717. The predicted octanol–water partition coefficient (Wildman–Crippen LogP) is 1.00. The van der Waals surface area contributed by atoms with E-state index in [1.807, 2.05) is 25.9 Å². The van der Waals surface area contributed by atoms with Gasteiger partial charge in [0.1, 0.15) is 11.3 Å². The quantitative estimate of drug-likeness (QED) is 0.718. The Labute approximate surface area is 151 Å². The lowest BCUT2D eigenvalue weighted by atomic mass is 10.1. The first-order valence-electron chi connectivity index (χ1n) is 8.30. The van der Waals surface area contributed by atoms with Crippen molar-refractivity contribution >= 4 is 5.71 Å². The molecule has 0 spiro atoms. The maximum absolute atomic E-state index is 12.3. The van der Waals surface area contributed by atoms with E-state index in [2.05, 4.69) is 9.98 Å². The molecule has 26 heavy (non-hydrogen) atoms. The standard InChI is InChI=1S/C18H24N4O4/c1-5-14(19-10-11-21(2)3)15-16(23)20-18(25)22(17(15)24)12-6-8-13(26-4)9-7-12/h6-9,24H,5,10-11H2,1-4H3,(H,20,23,25). The number of aromatic hydroxyl groups is 1. The molecule has 0 unspecified atom stereocenters. The average Bonchev–Trinajstić information content (AvgIpc) is 2.60. The van der Waals surface area contributed by atoms with Crippen LogP contribution in [-0.2, 0) is 0 Å². The van der Waals surface area contributed by atoms with Gasteiger partial charge >= 0.3 is 5.69 Å². The van der Waals surface area contributed by atoms with E-state index in [-0.39, 0.29) is 5.56 Å². The van der Waals surface area contributed by atoms with Crippen molar-refractivity contribution in [2.24, 2.45) is 4.99 Å². The molecule has 0 aliphatic rings. The average molecular weight is 360 g/mol. The fourth-order valence-electron chi connectivity index (χ4n) is 2.51. The largest absolute Gasteiger partial charge is 0.497 e. The number of methoxy groups -OCH3 is 1. The van der Waals surface area contributed by atoms with Gasteiger partial charge in [0.2, 0.25) is 5.88 Å². The van der Waals surface area contributed by atoms with E-state index >= 15 is 0 Å². The number of benzene rings is 1. The van der Waals surface area contributed by atoms with Gasteiger partial charge in [0.05, 0.1) is 25.1 Å². The molecule has 140 valence electrons. The molecule has 0 aliphatic carbocycles. The first-order chi connectivity index (χ1) is 12.4. The van der Waals surface area contributed by atoms with Crippen LogP contribution in [0.2, 0.25) is 0 Å². The number of rotatable bonds is 7. The molecule has 2 aromatic rings. The van der Waals surface area contributed by atoms with Gasteiger partial charge in [-0.2, -0.15) is 0 Å². The Balaban J connectivity index is 2.57. The third-order valence-corrected chi connectivity index (χ3v) is 3.89. The van der Waals surface area contributed by atoms with Crippen LogP contribution in [0.4, 0.5) is 0 Å². The lowest BCUT2D eigenvalue weighted by Crippen LogP contribution is -2.33. The van der Waals surface area contributed by atoms with E-state index in [1.165, 1.54) is 7.11 Å². The van der Waals surface area contributed by atoms with Crippen molar-refractivity contribution in [3.8, 4) is 17.3 Å². The minimum Gasteiger partial charge on any atom is -0.497 e. The van der Waals surface area contributed by atoms with E-state index in [4.69, 9.17) is 4.74 Å². The highest BCUT2D eigenvalue weighted by Gasteiger charge is 2.19. The zero-order valence-corrected chi connectivity index (χ0v) is 15.4. The van der Waals surface area contributed by atoms with Gasteiger partial charge in [0, 0.05) is 6.54 Å². The topological polar surface area (TPSA) is 99.9 Å². The monoisotopic (exact) mass is 360 g/mol. The molecule has 0 saturated carbocycles. The molecule has 0 bridgehead atoms. The number of aliphatic imine (C=N–C) groups is 1. The van der Waals surface area contributed by atoms with Crippen molar-refractivity contribution in [3.05, 3.63) is 50.7 Å². The zero-order chi connectivity index (χ0) is 19.3. The van der Waals surface area contributed by atoms with Crippen molar-refractivity contribution in [1.29, 1.82) is 0 Å². The molecule has 1 aromatic carbocycles. The summed E-state index contributed by atoms with van der Waals surface area (Å²) in [6, 6.07) is 6.57. The molecule has 0 atom stereocenters. The summed E-state index contributed by atoms with van der Waals surface area (Å²) in [6.07, 6.45) is 0.449. The fourth-order valence-corrected chi connectivity index (χ4v) is 2.51. The summed E-state index contributed by atoms with van der Waals surface area (Å²) in [6.45, 7) is 3.03. The van der Waals surface area contributed by atoms with E-state index in [0.717, 1.165) is 4.57 Å². The SMILES string of the molecule is CCC(=NCCN(C)C)c1c(O)n(-c2ccc(OC)cc2)c(=O)[nH]c1=O. The van der Waals surface area contributed by atoms with Crippen LogP contribution >= 0.6 is 0 Å². The molecular weight excluding hydrogens is 336 g/mol. The summed E-state index contributed by atoms with van der Waals surface area (Å²) >= 11 is 0. The van der Waals surface area contributed by atoms with Crippen LogP contribution in [0.3, 0.4) is 0 Å². The maximum atomic E-state index is 12.3. The van der Waals surface area contributed by atoms with Crippen molar-refractivity contribution in [2.45, 2.75) is 13.3 Å². The third-order valence-electron chi connectivity index (χ3n) is 3.89. The van der Waals surface area contributed by atoms with Gasteiger partial charge in [0.25, 0.3) is 5.56 Å². The van der Waals surface area contributed by atoms with Gasteiger partial charge in [0.15, 0.2) is 0 Å². The number of ether oxygens (including phenoxy) is 1. The number of aromatic amines is 1. The molecule has 0 fully saturated rings. The Hall–Kier alpha value is -2.87. The van der Waals surface area contributed by atoms with Crippen molar-refractivity contribution in [1.82, 2.24) is 14.5 Å². The second-order valence-electron chi connectivity index (χ2n) is 5.98. The Morgan fingerprint density at radius 3 is 2.46 bits per heavy atom. The van der Waals surface area contributed by atoms with Gasteiger partial charge in [-0.3, -0.25) is 14.8 Å². The molecule has 1 aromatic heterocycles. The first-order valence-corrected chi connectivity index (χ1v) is 8.30. The highest BCUT2D eigenvalue weighted by atomic mass is 16.5. The molecule has 8 nitrogen and oxygen atoms in total. The van der Waals surface area contributed by atoms with Gasteiger partial charge in [-0.15, -0.1) is 0 Å². The lowest BCUT2D eigenvalue weighted by molar-refractivity contribution is 0.414. The zero-order valence-electron chi connectivity index (χ0n) is 15.4. The Kier molecular flexibility index (Phi) is 6.35. The van der Waals surface area contributed by atoms with Gasteiger partial charge in [-0.1, -0.05) is 6.92 Å². The molecule has 0 amide bonds. The first kappa shape index (κ1) is 19.5. The number of H-pyrrole nitrogens is 1. The highest BCUT2D eigenvalue weighted by Crippen LogP contribution is 2.20. The van der Waals surface area contributed by atoms with Crippen LogP contribution in [0.25, 0.3) is 5.69 Å². The summed E-state index contributed by atoms with van der Waals surface area (Å²) < 4.78 is 6.15. The molecule has 1 heterocycles. The van der Waals surface area contributed by atoms with Crippen molar-refractivity contribution in [3.63, 3.8) is 0 Å². The van der Waals surface area contributed by atoms with Crippen LogP contribution in [0.15, 0.2) is 38.8 Å². The number of nitrogens with one attached hydrogen (secondary N) is 1. The molecular formula is C18H24N4O4. The molecule has 8 heteroatoms. The number of hydrogen-bond acceptors (Lipinski definition) is 6. The van der Waals surface area contributed by atoms with E-state index < -0.39 is 17.1 Å². The van der Waals surface area contributed by atoms with Crippen molar-refractivity contribution in [2.75, 3.05) is 34.3 Å². The smallest absolute Gasteiger partial charge is 0.335 e. The molecule has 0 saturated heterocycles. The Bertz CT molecular complexity index is 895. The maximum Gasteiger partial charge on any atom is 0.335 e. The lowest BCUT2D eigenvalue weighted by Gasteiger charge is -2.13. The van der Waals surface area contributed by atoms with Crippen LogP contribution in [0.5, 0.6) is 11.6 Å².